The van der Waals surface area contributed by atoms with Crippen molar-refractivity contribution in [2.45, 2.75) is 0 Å². The molecule has 0 aliphatic heterocycles. The fourth-order valence-electron chi connectivity index (χ4n) is 1.25. The normalized spacial score (nSPS) is 10.3. The minimum atomic E-state index is -1.03. The molecule has 1 nitrogen and oxygen atoms in total. The van der Waals surface area contributed by atoms with Gasteiger partial charge in [-0.2, -0.15) is 0 Å². The second-order valence-corrected chi connectivity index (χ2v) is 3.36. The quantitative estimate of drug-likeness (QED) is 0.726. The van der Waals surface area contributed by atoms with Crippen molar-refractivity contribution >= 4 is 13.3 Å². The molecule has 0 heterocycles. The zero-order valence-corrected chi connectivity index (χ0v) is 8.58. The zero-order valence-electron chi connectivity index (χ0n) is 8.58. The minimum absolute atomic E-state index is 0.0114. The van der Waals surface area contributed by atoms with Gasteiger partial charge in [0.2, 0.25) is 0 Å². The average Bonchev–Trinajstić information content (AvgIpc) is 2.29. The largest absolute Gasteiger partial charge is 0.457 e. The highest BCUT2D eigenvalue weighted by Crippen LogP contribution is 2.22. The summed E-state index contributed by atoms with van der Waals surface area (Å²) in [5, 5.41) is 0. The fraction of sp³-hybridized carbons (Fsp3) is 0. The van der Waals surface area contributed by atoms with Gasteiger partial charge in [-0.05, 0) is 18.2 Å². The Bertz CT molecular complexity index is 508. The second kappa shape index (κ2) is 4.53. The first-order chi connectivity index (χ1) is 8.06. The van der Waals surface area contributed by atoms with Crippen LogP contribution in [-0.2, 0) is 0 Å². The van der Waals surface area contributed by atoms with E-state index >= 15 is 0 Å². The van der Waals surface area contributed by atoms with Crippen LogP contribution in [0.1, 0.15) is 0 Å². The van der Waals surface area contributed by atoms with Gasteiger partial charge in [-0.3, -0.25) is 0 Å². The molecule has 2 rings (SSSR count). The van der Waals surface area contributed by atoms with Crippen molar-refractivity contribution in [3.63, 3.8) is 0 Å². The van der Waals surface area contributed by atoms with Crippen LogP contribution in [0.2, 0.25) is 0 Å². The maximum Gasteiger partial charge on any atom is 0.162 e. The first-order valence-electron chi connectivity index (χ1n) is 4.74. The Kier molecular flexibility index (Phi) is 3.09. The van der Waals surface area contributed by atoms with Crippen LogP contribution >= 0.6 is 0 Å². The molecule has 17 heavy (non-hydrogen) atoms. The Hall–Kier alpha value is -1.91. The molecule has 0 amide bonds. The molecule has 84 valence electrons. The van der Waals surface area contributed by atoms with Crippen LogP contribution in [0, 0.1) is 17.5 Å². The molecule has 2 radical (unpaired) electrons. The highest BCUT2D eigenvalue weighted by molar-refractivity contribution is 6.32. The number of ether oxygens (including phenoxy) is 1. The van der Waals surface area contributed by atoms with Gasteiger partial charge in [0, 0.05) is 12.1 Å². The van der Waals surface area contributed by atoms with Crippen molar-refractivity contribution in [3.05, 3.63) is 53.8 Å². The third kappa shape index (κ3) is 2.61. The van der Waals surface area contributed by atoms with Crippen LogP contribution in [0.25, 0.3) is 0 Å². The Morgan fingerprint density at radius 1 is 0.765 bits per heavy atom. The molecule has 0 saturated carbocycles. The molecule has 2 aromatic carbocycles. The molecule has 5 heteroatoms. The third-order valence-corrected chi connectivity index (χ3v) is 2.10. The maximum absolute atomic E-state index is 13.1. The highest BCUT2D eigenvalue weighted by Gasteiger charge is 2.05. The lowest BCUT2D eigenvalue weighted by Gasteiger charge is -2.07. The fourth-order valence-corrected chi connectivity index (χ4v) is 1.25. The number of hydrogen-bond donors (Lipinski definition) is 0. The Balaban J connectivity index is 2.25. The molecule has 0 spiro atoms. The van der Waals surface area contributed by atoms with Gasteiger partial charge in [0.25, 0.3) is 0 Å². The van der Waals surface area contributed by atoms with E-state index in [1.165, 1.54) is 18.2 Å². The summed E-state index contributed by atoms with van der Waals surface area (Å²) in [6.07, 6.45) is 0. The number of rotatable bonds is 2. The first kappa shape index (κ1) is 11.6. The van der Waals surface area contributed by atoms with Gasteiger partial charge < -0.3 is 4.74 Å². The molecular weight excluding hydrogens is 228 g/mol. The lowest BCUT2D eigenvalue weighted by molar-refractivity contribution is 0.458. The van der Waals surface area contributed by atoms with E-state index in [0.717, 1.165) is 18.2 Å². The van der Waals surface area contributed by atoms with Crippen molar-refractivity contribution in [2.24, 2.45) is 0 Å². The maximum atomic E-state index is 13.1. The lowest BCUT2D eigenvalue weighted by Crippen LogP contribution is -2.07. The zero-order chi connectivity index (χ0) is 12.4. The Morgan fingerprint density at radius 2 is 1.35 bits per heavy atom. The SMILES string of the molecule is [B]c1ccc(Oc2ccc(F)c(F)c2)cc1F. The van der Waals surface area contributed by atoms with Gasteiger partial charge in [0.05, 0.1) is 0 Å². The van der Waals surface area contributed by atoms with E-state index in [1.807, 2.05) is 0 Å². The Morgan fingerprint density at radius 3 is 1.94 bits per heavy atom. The molecule has 0 aromatic heterocycles. The predicted octanol–water partition coefficient (Wildman–Crippen LogP) is 2.69. The number of benzene rings is 2. The summed E-state index contributed by atoms with van der Waals surface area (Å²) in [5.41, 5.74) is -0.0114. The number of halogens is 3. The minimum Gasteiger partial charge on any atom is -0.457 e. The third-order valence-electron chi connectivity index (χ3n) is 2.10. The molecular formula is C12H6BF3O. The molecule has 0 fully saturated rings. The topological polar surface area (TPSA) is 9.23 Å². The molecule has 0 atom stereocenters. The first-order valence-corrected chi connectivity index (χ1v) is 4.74. The molecule has 0 aliphatic rings. The number of hydrogen-bond acceptors (Lipinski definition) is 1. The summed E-state index contributed by atoms with van der Waals surface area (Å²) < 4.78 is 43.8. The van der Waals surface area contributed by atoms with Gasteiger partial charge in [-0.1, -0.05) is 11.5 Å². The van der Waals surface area contributed by atoms with Gasteiger partial charge in [0.1, 0.15) is 25.2 Å². The van der Waals surface area contributed by atoms with Crippen molar-refractivity contribution < 1.29 is 17.9 Å². The molecule has 0 unspecified atom stereocenters. The van der Waals surface area contributed by atoms with Crippen molar-refractivity contribution in [1.82, 2.24) is 0 Å². The second-order valence-electron chi connectivity index (χ2n) is 3.36. The summed E-state index contributed by atoms with van der Waals surface area (Å²) in [5.74, 6) is -2.40. The smallest absolute Gasteiger partial charge is 0.162 e. The standard InChI is InChI=1S/C12H6BF3O/c13-9-3-1-7(5-11(9)15)17-8-2-4-10(14)12(16)6-8/h1-6H. The van der Waals surface area contributed by atoms with Gasteiger partial charge in [-0.25, -0.2) is 13.2 Å². The van der Waals surface area contributed by atoms with Crippen LogP contribution < -0.4 is 10.2 Å². The van der Waals surface area contributed by atoms with Crippen molar-refractivity contribution in [3.8, 4) is 11.5 Å². The molecule has 0 aliphatic carbocycles. The highest BCUT2D eigenvalue weighted by atomic mass is 19.2. The molecule has 0 bridgehead atoms. The molecule has 2 aromatic rings. The van der Waals surface area contributed by atoms with E-state index in [1.54, 1.807) is 0 Å². The van der Waals surface area contributed by atoms with Crippen LogP contribution in [0.5, 0.6) is 11.5 Å². The van der Waals surface area contributed by atoms with Crippen molar-refractivity contribution in [1.29, 1.82) is 0 Å². The monoisotopic (exact) mass is 234 g/mol. The predicted molar refractivity (Wildman–Crippen MR) is 58.2 cm³/mol. The van der Waals surface area contributed by atoms with E-state index in [0.29, 0.717) is 0 Å². The van der Waals surface area contributed by atoms with Crippen LogP contribution in [0.15, 0.2) is 36.4 Å². The average molecular weight is 234 g/mol. The van der Waals surface area contributed by atoms with Crippen LogP contribution in [0.3, 0.4) is 0 Å². The van der Waals surface area contributed by atoms with Gasteiger partial charge in [0.15, 0.2) is 11.6 Å². The lowest BCUT2D eigenvalue weighted by atomic mass is 9.96. The van der Waals surface area contributed by atoms with Crippen LogP contribution in [-0.4, -0.2) is 7.85 Å². The van der Waals surface area contributed by atoms with E-state index < -0.39 is 17.5 Å². The summed E-state index contributed by atoms with van der Waals surface area (Å²) in [6, 6.07) is 6.87. The van der Waals surface area contributed by atoms with E-state index in [9.17, 15) is 13.2 Å². The Labute approximate surface area is 97.3 Å². The van der Waals surface area contributed by atoms with Crippen LogP contribution in [0.4, 0.5) is 13.2 Å². The van der Waals surface area contributed by atoms with Crippen molar-refractivity contribution in [2.75, 3.05) is 0 Å². The van der Waals surface area contributed by atoms with Gasteiger partial charge >= 0.3 is 0 Å². The van der Waals surface area contributed by atoms with E-state index in [-0.39, 0.29) is 17.0 Å². The van der Waals surface area contributed by atoms with Gasteiger partial charge in [-0.15, -0.1) is 0 Å². The summed E-state index contributed by atoms with van der Waals surface area (Å²) in [7, 11) is 5.29. The molecule has 0 saturated heterocycles. The van der Waals surface area contributed by atoms with E-state index in [2.05, 4.69) is 0 Å². The molecule has 0 N–H and O–H groups in total. The summed E-state index contributed by atoms with van der Waals surface area (Å²) in [6.45, 7) is 0. The van der Waals surface area contributed by atoms with E-state index in [4.69, 9.17) is 12.6 Å². The summed E-state index contributed by atoms with van der Waals surface area (Å²) >= 11 is 0. The summed E-state index contributed by atoms with van der Waals surface area (Å²) in [4.78, 5) is 0.